The monoisotopic (exact) mass is 339 g/mol. The molecule has 0 aromatic heterocycles. The molecule has 0 saturated heterocycles. The molecule has 1 amide bonds. The smallest absolute Gasteiger partial charge is 0.315 e. The van der Waals surface area contributed by atoms with E-state index in [-0.39, 0.29) is 12.5 Å². The zero-order valence-corrected chi connectivity index (χ0v) is 14.1. The molecule has 5 heteroatoms. The fraction of sp³-hybridized carbons (Fsp3) is 0.300. The molecule has 130 valence electrons. The van der Waals surface area contributed by atoms with Gasteiger partial charge in [0.05, 0.1) is 0 Å². The number of aliphatic carboxylic acids is 1. The van der Waals surface area contributed by atoms with Crippen LogP contribution in [0.1, 0.15) is 24.5 Å². The zero-order chi connectivity index (χ0) is 17.9. The maximum atomic E-state index is 12.5. The van der Waals surface area contributed by atoms with E-state index in [0.29, 0.717) is 24.2 Å². The second kappa shape index (κ2) is 6.97. The number of para-hydroxylation sites is 1. The van der Waals surface area contributed by atoms with Crippen molar-refractivity contribution in [3.8, 4) is 5.75 Å². The Morgan fingerprint density at radius 3 is 2.48 bits per heavy atom. The van der Waals surface area contributed by atoms with Gasteiger partial charge in [0.25, 0.3) is 5.91 Å². The zero-order valence-electron chi connectivity index (χ0n) is 14.1. The summed E-state index contributed by atoms with van der Waals surface area (Å²) in [6, 6.07) is 16.6. The van der Waals surface area contributed by atoms with Crippen molar-refractivity contribution in [2.24, 2.45) is 0 Å². The summed E-state index contributed by atoms with van der Waals surface area (Å²) in [4.78, 5) is 24.5. The van der Waals surface area contributed by atoms with Crippen molar-refractivity contribution in [3.05, 3.63) is 65.7 Å². The SMILES string of the molecule is CCC(CNC(=O)C1Cc2ccccc2O1)(C(=O)O)c1ccccc1. The van der Waals surface area contributed by atoms with Crippen LogP contribution < -0.4 is 10.1 Å². The van der Waals surface area contributed by atoms with Gasteiger partial charge in [-0.1, -0.05) is 55.5 Å². The lowest BCUT2D eigenvalue weighted by Gasteiger charge is -2.29. The summed E-state index contributed by atoms with van der Waals surface area (Å²) in [5.41, 5.74) is 0.522. The second-order valence-electron chi connectivity index (χ2n) is 6.24. The number of amides is 1. The highest BCUT2D eigenvalue weighted by Crippen LogP contribution is 2.30. The van der Waals surface area contributed by atoms with Crippen LogP contribution in [0.5, 0.6) is 5.75 Å². The van der Waals surface area contributed by atoms with E-state index < -0.39 is 17.5 Å². The number of rotatable bonds is 6. The third-order valence-corrected chi connectivity index (χ3v) is 4.84. The second-order valence-corrected chi connectivity index (χ2v) is 6.24. The highest BCUT2D eigenvalue weighted by Gasteiger charge is 2.40. The lowest BCUT2D eigenvalue weighted by atomic mass is 9.78. The van der Waals surface area contributed by atoms with Crippen LogP contribution in [0.3, 0.4) is 0 Å². The standard InChI is InChI=1S/C20H21NO4/c1-2-20(19(23)24,15-9-4-3-5-10-15)13-21-18(22)17-12-14-8-6-7-11-16(14)25-17/h3-11,17H,2,12-13H2,1H3,(H,21,22)(H,23,24). The van der Waals surface area contributed by atoms with Gasteiger partial charge in [0.2, 0.25) is 0 Å². The summed E-state index contributed by atoms with van der Waals surface area (Å²) in [5, 5.41) is 12.6. The number of benzene rings is 2. The van der Waals surface area contributed by atoms with Gasteiger partial charge in [-0.05, 0) is 23.6 Å². The average Bonchev–Trinajstić information content (AvgIpc) is 3.07. The summed E-state index contributed by atoms with van der Waals surface area (Å²) < 4.78 is 5.67. The molecule has 0 radical (unpaired) electrons. The largest absolute Gasteiger partial charge is 0.481 e. The van der Waals surface area contributed by atoms with Crippen molar-refractivity contribution < 1.29 is 19.4 Å². The Morgan fingerprint density at radius 1 is 1.16 bits per heavy atom. The number of carboxylic acids is 1. The first-order chi connectivity index (χ1) is 12.1. The summed E-state index contributed by atoms with van der Waals surface area (Å²) >= 11 is 0. The number of hydrogen-bond acceptors (Lipinski definition) is 3. The van der Waals surface area contributed by atoms with E-state index >= 15 is 0 Å². The van der Waals surface area contributed by atoms with Gasteiger partial charge in [0.1, 0.15) is 11.2 Å². The lowest BCUT2D eigenvalue weighted by Crippen LogP contribution is -2.49. The molecule has 5 nitrogen and oxygen atoms in total. The molecule has 0 spiro atoms. The van der Waals surface area contributed by atoms with Crippen LogP contribution in [0.25, 0.3) is 0 Å². The van der Waals surface area contributed by atoms with Crippen molar-refractivity contribution in [2.75, 3.05) is 6.54 Å². The van der Waals surface area contributed by atoms with E-state index in [1.807, 2.05) is 37.3 Å². The minimum atomic E-state index is -1.15. The molecule has 1 heterocycles. The van der Waals surface area contributed by atoms with Crippen molar-refractivity contribution in [3.63, 3.8) is 0 Å². The van der Waals surface area contributed by atoms with Crippen LogP contribution in [0.15, 0.2) is 54.6 Å². The third kappa shape index (κ3) is 3.22. The summed E-state index contributed by atoms with van der Waals surface area (Å²) in [6.07, 6.45) is 0.259. The summed E-state index contributed by atoms with van der Waals surface area (Å²) in [5.74, 6) is -0.519. The maximum Gasteiger partial charge on any atom is 0.315 e. The van der Waals surface area contributed by atoms with Gasteiger partial charge in [-0.3, -0.25) is 9.59 Å². The van der Waals surface area contributed by atoms with E-state index in [0.717, 1.165) is 5.56 Å². The molecule has 2 aromatic rings. The molecule has 3 rings (SSSR count). The predicted octanol–water partition coefficient (Wildman–Crippen LogP) is 2.54. The average molecular weight is 339 g/mol. The van der Waals surface area contributed by atoms with Crippen LogP contribution in [0, 0.1) is 0 Å². The molecule has 0 aliphatic carbocycles. The van der Waals surface area contributed by atoms with Gasteiger partial charge < -0.3 is 15.2 Å². The fourth-order valence-corrected chi connectivity index (χ4v) is 3.22. The Balaban J connectivity index is 1.72. The number of carbonyl (C=O) groups excluding carboxylic acids is 1. The van der Waals surface area contributed by atoms with E-state index in [4.69, 9.17) is 4.74 Å². The van der Waals surface area contributed by atoms with Crippen LogP contribution in [0.4, 0.5) is 0 Å². The van der Waals surface area contributed by atoms with Crippen LogP contribution in [0.2, 0.25) is 0 Å². The van der Waals surface area contributed by atoms with Gasteiger partial charge in [-0.2, -0.15) is 0 Å². The molecule has 2 aromatic carbocycles. The molecule has 2 N–H and O–H groups in total. The molecular formula is C20H21NO4. The summed E-state index contributed by atoms with van der Waals surface area (Å²) in [6.45, 7) is 1.84. The van der Waals surface area contributed by atoms with Crippen molar-refractivity contribution >= 4 is 11.9 Å². The van der Waals surface area contributed by atoms with Gasteiger partial charge in [0, 0.05) is 13.0 Å². The normalized spacial score (nSPS) is 17.9. The maximum absolute atomic E-state index is 12.5. The Labute approximate surface area is 146 Å². The molecule has 0 bridgehead atoms. The minimum Gasteiger partial charge on any atom is -0.481 e. The Bertz CT molecular complexity index is 749. The molecular weight excluding hydrogens is 318 g/mol. The molecule has 0 saturated carbocycles. The number of fused-ring (bicyclic) bond motifs is 1. The molecule has 1 aliphatic heterocycles. The van der Waals surface area contributed by atoms with E-state index in [1.54, 1.807) is 24.3 Å². The topological polar surface area (TPSA) is 75.6 Å². The van der Waals surface area contributed by atoms with Crippen molar-refractivity contribution in [2.45, 2.75) is 31.3 Å². The summed E-state index contributed by atoms with van der Waals surface area (Å²) in [7, 11) is 0. The first kappa shape index (κ1) is 17.0. The van der Waals surface area contributed by atoms with Gasteiger partial charge in [0.15, 0.2) is 6.10 Å². The van der Waals surface area contributed by atoms with Crippen LogP contribution in [-0.2, 0) is 21.4 Å². The number of nitrogens with one attached hydrogen (secondary N) is 1. The number of carbonyl (C=O) groups is 2. The van der Waals surface area contributed by atoms with Crippen molar-refractivity contribution in [1.82, 2.24) is 5.32 Å². The Kier molecular flexibility index (Phi) is 4.74. The van der Waals surface area contributed by atoms with Gasteiger partial charge in [-0.15, -0.1) is 0 Å². The number of ether oxygens (including phenoxy) is 1. The van der Waals surface area contributed by atoms with Crippen molar-refractivity contribution in [1.29, 1.82) is 0 Å². The van der Waals surface area contributed by atoms with Gasteiger partial charge in [-0.25, -0.2) is 0 Å². The first-order valence-corrected chi connectivity index (χ1v) is 8.38. The molecule has 25 heavy (non-hydrogen) atoms. The van der Waals surface area contributed by atoms with E-state index in [9.17, 15) is 14.7 Å². The number of carboxylic acid groups (broad SMARTS) is 1. The number of hydrogen-bond donors (Lipinski definition) is 2. The first-order valence-electron chi connectivity index (χ1n) is 8.38. The quantitative estimate of drug-likeness (QED) is 0.848. The molecule has 2 atom stereocenters. The molecule has 0 fully saturated rings. The Hall–Kier alpha value is -2.82. The fourth-order valence-electron chi connectivity index (χ4n) is 3.22. The minimum absolute atomic E-state index is 0.0257. The van der Waals surface area contributed by atoms with E-state index in [2.05, 4.69) is 5.32 Å². The third-order valence-electron chi connectivity index (χ3n) is 4.84. The highest BCUT2D eigenvalue weighted by molar-refractivity contribution is 5.86. The predicted molar refractivity (Wildman–Crippen MR) is 93.6 cm³/mol. The highest BCUT2D eigenvalue weighted by atomic mass is 16.5. The van der Waals surface area contributed by atoms with E-state index in [1.165, 1.54) is 0 Å². The Morgan fingerprint density at radius 2 is 1.84 bits per heavy atom. The van der Waals surface area contributed by atoms with Crippen LogP contribution in [-0.4, -0.2) is 29.6 Å². The van der Waals surface area contributed by atoms with Crippen LogP contribution >= 0.6 is 0 Å². The molecule has 2 unspecified atom stereocenters. The molecule has 1 aliphatic rings. The van der Waals surface area contributed by atoms with Gasteiger partial charge >= 0.3 is 5.97 Å². The lowest BCUT2D eigenvalue weighted by molar-refractivity contribution is -0.144.